The van der Waals surface area contributed by atoms with Gasteiger partial charge in [-0.3, -0.25) is 24.0 Å². The highest BCUT2D eigenvalue weighted by atomic mass is 16.5. The lowest BCUT2D eigenvalue weighted by Gasteiger charge is -2.14. The lowest BCUT2D eigenvalue weighted by Crippen LogP contribution is -2.22. The number of amides is 5. The number of nitrogens with two attached hydrogens (primary N) is 3. The van der Waals surface area contributed by atoms with E-state index < -0.39 is 24.5 Å². The second kappa shape index (κ2) is 31.8. The van der Waals surface area contributed by atoms with Gasteiger partial charge in [0.2, 0.25) is 11.8 Å². The van der Waals surface area contributed by atoms with E-state index in [0.29, 0.717) is 104 Å². The van der Waals surface area contributed by atoms with Crippen LogP contribution in [0.4, 0.5) is 11.4 Å². The number of benzene rings is 8. The number of rotatable bonds is 21. The number of para-hydroxylation sites is 4. The number of ether oxygens (including phenoxy) is 1. The van der Waals surface area contributed by atoms with Gasteiger partial charge >= 0.3 is 5.97 Å². The molecule has 0 radical (unpaired) electrons. The number of aromatic hydroxyl groups is 2. The van der Waals surface area contributed by atoms with Gasteiger partial charge < -0.3 is 58.1 Å². The minimum Gasteiger partial charge on any atom is -0.508 e. The van der Waals surface area contributed by atoms with Crippen LogP contribution in [0.1, 0.15) is 76.5 Å². The first-order valence-electron chi connectivity index (χ1n) is 30.3. The molecule has 4 heterocycles. The predicted octanol–water partition coefficient (Wildman–Crippen LogP) is 11.8. The van der Waals surface area contributed by atoms with Crippen molar-refractivity contribution in [2.24, 2.45) is 22.3 Å². The third-order valence-corrected chi connectivity index (χ3v) is 15.3. The molecule has 12 aromatic rings. The Morgan fingerprint density at radius 3 is 1.44 bits per heavy atom. The lowest BCUT2D eigenvalue weighted by atomic mass is 9.98. The number of carbonyl (C=O) groups is 6. The van der Waals surface area contributed by atoms with Crippen molar-refractivity contribution in [1.29, 1.82) is 0 Å². The summed E-state index contributed by atoms with van der Waals surface area (Å²) in [5.41, 5.74) is 37.2. The normalized spacial score (nSPS) is 10.6. The van der Waals surface area contributed by atoms with Crippen LogP contribution >= 0.6 is 0 Å². The van der Waals surface area contributed by atoms with E-state index in [4.69, 9.17) is 27.5 Å². The smallest absolute Gasteiger partial charge is 0.338 e. The Hall–Kier alpha value is -13.3. The third kappa shape index (κ3) is 17.2. The number of H-pyrrole nitrogens is 2. The number of hydrogen-bond acceptors (Lipinski definition) is 15. The van der Waals surface area contributed by atoms with E-state index in [1.165, 1.54) is 59.5 Å². The van der Waals surface area contributed by atoms with Crippen LogP contribution in [0.15, 0.2) is 224 Å². The molecule has 24 nitrogen and oxygen atoms in total. The molecule has 0 bridgehead atoms. The first-order chi connectivity index (χ1) is 47.1. The standard InChI is InChI=1S/C36H30N6O4.C28H23N7O5.C9H10N2/c37-33(44)17-14-24-19-32(29-9-2-4-11-31(29)40-36(46)22-12-15-27(43)16-13-22)41-42-34(24)23-6-5-7-25(18-23)35(45)39-21-26-20-38-30-10-3-1-8-28(26)30;29-25(37)13-10-19-15-24(22-6-1-2-7-23(22)32-27(38)17-8-11-21(36)12-9-17)33-34-26(19)18-4-3-5-20(14-18)28(39)40-16-31-35-30;10-5-7-6-11-9-4-2-1-3-8(7)9/h1-13,15-16,18-20,38,43H,14,17,21H2,(H2,37,44)(H,39,45)(H,40,46);1-9,11-12,14-15,36H,10,13,16H2,(H2,29,37)(H,32,38);1-4,6,11H,5,10H2. The molecular weight excluding hydrogens is 1230 g/mol. The fourth-order valence-electron chi connectivity index (χ4n) is 10.4. The van der Waals surface area contributed by atoms with E-state index >= 15 is 0 Å². The molecule has 0 fully saturated rings. The molecule has 5 amide bonds. The van der Waals surface area contributed by atoms with Crippen molar-refractivity contribution in [1.82, 2.24) is 35.7 Å². The summed E-state index contributed by atoms with van der Waals surface area (Å²) in [6, 6.07) is 59.2. The van der Waals surface area contributed by atoms with Gasteiger partial charge in [-0.15, -0.1) is 20.4 Å². The van der Waals surface area contributed by atoms with E-state index in [9.17, 15) is 39.0 Å². The Bertz CT molecular complexity index is 4910. The Kier molecular flexibility index (Phi) is 21.8. The number of anilines is 2. The number of carbonyl (C=O) groups excluding carboxylic acids is 6. The maximum Gasteiger partial charge on any atom is 0.338 e. The van der Waals surface area contributed by atoms with Gasteiger partial charge in [0.1, 0.15) is 11.5 Å². The van der Waals surface area contributed by atoms with Crippen molar-refractivity contribution in [3.05, 3.63) is 274 Å². The van der Waals surface area contributed by atoms with Gasteiger partial charge in [-0.25, -0.2) is 4.79 Å². The van der Waals surface area contributed by atoms with E-state index in [1.807, 2.05) is 73.1 Å². The van der Waals surface area contributed by atoms with Gasteiger partial charge in [-0.2, -0.15) is 0 Å². The number of azide groups is 1. The van der Waals surface area contributed by atoms with Crippen LogP contribution in [0.3, 0.4) is 0 Å². The first-order valence-corrected chi connectivity index (χ1v) is 30.3. The number of nitrogens with zero attached hydrogens (tertiary/aromatic N) is 7. The number of nitrogens with one attached hydrogen (secondary N) is 5. The monoisotopic (exact) mass is 1290 g/mol. The van der Waals surface area contributed by atoms with Crippen LogP contribution in [0, 0.1) is 0 Å². The molecule has 0 aliphatic heterocycles. The Morgan fingerprint density at radius 1 is 0.495 bits per heavy atom. The first kappa shape index (κ1) is 66.6. The molecule has 4 aromatic heterocycles. The van der Waals surface area contributed by atoms with Gasteiger partial charge in [0.05, 0.1) is 39.7 Å². The number of hydrogen-bond donors (Lipinski definition) is 10. The van der Waals surface area contributed by atoms with Crippen LogP contribution in [-0.4, -0.2) is 82.8 Å². The molecule has 0 saturated carbocycles. The number of primary amides is 2. The summed E-state index contributed by atoms with van der Waals surface area (Å²) in [7, 11) is 0. The van der Waals surface area contributed by atoms with Crippen molar-refractivity contribution >= 4 is 68.7 Å². The number of aromatic nitrogens is 6. The van der Waals surface area contributed by atoms with E-state index in [1.54, 1.807) is 84.9 Å². The number of aromatic amines is 2. The number of phenols is 2. The molecule has 13 N–H and O–H groups in total. The van der Waals surface area contributed by atoms with Gasteiger partial charge in [-0.05, 0) is 150 Å². The highest BCUT2D eigenvalue weighted by molar-refractivity contribution is 6.07. The van der Waals surface area contributed by atoms with Crippen molar-refractivity contribution in [3.8, 4) is 56.5 Å². The highest BCUT2D eigenvalue weighted by Crippen LogP contribution is 2.34. The topological polar surface area (TPSA) is 398 Å². The maximum atomic E-state index is 13.2. The van der Waals surface area contributed by atoms with Crippen LogP contribution in [-0.2, 0) is 40.3 Å². The maximum absolute atomic E-state index is 13.2. The fourth-order valence-corrected chi connectivity index (χ4v) is 10.4. The summed E-state index contributed by atoms with van der Waals surface area (Å²) in [4.78, 5) is 83.6. The number of aryl methyl sites for hydroxylation is 2. The van der Waals surface area contributed by atoms with Crippen LogP contribution in [0.5, 0.6) is 11.5 Å². The summed E-state index contributed by atoms with van der Waals surface area (Å²) in [6.07, 6.45) is 4.53. The van der Waals surface area contributed by atoms with Gasteiger partial charge in [0.15, 0.2) is 6.73 Å². The van der Waals surface area contributed by atoms with E-state index in [-0.39, 0.29) is 54.0 Å². The molecule has 484 valence electrons. The van der Waals surface area contributed by atoms with Crippen molar-refractivity contribution in [2.75, 3.05) is 17.4 Å². The average molecular weight is 1290 g/mol. The predicted molar refractivity (Wildman–Crippen MR) is 368 cm³/mol. The molecule has 0 saturated heterocycles. The molecule has 24 heteroatoms. The zero-order valence-electron chi connectivity index (χ0n) is 51.8. The van der Waals surface area contributed by atoms with Gasteiger partial charge in [0.25, 0.3) is 17.7 Å². The SMILES string of the molecule is NC(=O)CCc1cc(-c2ccccc2NC(=O)c2ccc(O)cc2)nnc1-c1cccc(C(=O)NCc2c[nH]c3ccccc23)c1.NCc1c[nH]c2ccccc12.[N-]=[N+]=NCOC(=O)c1cccc(-c2nnc(-c3ccccc3NC(=O)c3ccc(O)cc3)cc2CCC(N)=O)c1. The van der Waals surface area contributed by atoms with Crippen molar-refractivity contribution < 1.29 is 43.7 Å². The summed E-state index contributed by atoms with van der Waals surface area (Å²) < 4.78 is 4.92. The average Bonchev–Trinajstić information content (AvgIpc) is 1.65. The van der Waals surface area contributed by atoms with Gasteiger partial charge in [0, 0.05) is 104 Å². The molecule has 0 spiro atoms. The molecule has 12 rings (SSSR count). The molecule has 0 aliphatic rings. The Morgan fingerprint density at radius 2 is 0.948 bits per heavy atom. The zero-order valence-corrected chi connectivity index (χ0v) is 51.8. The second-order valence-corrected chi connectivity index (χ2v) is 21.8. The molecule has 0 aliphatic carbocycles. The molecule has 97 heavy (non-hydrogen) atoms. The molecule has 0 atom stereocenters. The second-order valence-electron chi connectivity index (χ2n) is 21.8. The zero-order chi connectivity index (χ0) is 68.2. The van der Waals surface area contributed by atoms with Gasteiger partial charge in [-0.1, -0.05) is 102 Å². The fraction of sp³-hybridized carbons (Fsp3) is 0.0959. The molecular formula is C73H63N15O9. The molecule has 8 aromatic carbocycles. The minimum atomic E-state index is -0.684. The number of phenolic OH excluding ortho intramolecular Hbond substituents is 2. The Balaban J connectivity index is 0.000000183. The van der Waals surface area contributed by atoms with Crippen molar-refractivity contribution in [2.45, 2.75) is 38.8 Å². The summed E-state index contributed by atoms with van der Waals surface area (Å²) in [6.45, 7) is 0.513. The molecule has 0 unspecified atom stereocenters. The lowest BCUT2D eigenvalue weighted by molar-refractivity contribution is -0.118. The van der Waals surface area contributed by atoms with E-state index in [2.05, 4.69) is 68.5 Å². The van der Waals surface area contributed by atoms with Crippen LogP contribution < -0.4 is 33.2 Å². The van der Waals surface area contributed by atoms with Crippen LogP contribution in [0.2, 0.25) is 0 Å². The van der Waals surface area contributed by atoms with Crippen molar-refractivity contribution in [3.63, 3.8) is 0 Å². The number of fused-ring (bicyclic) bond motifs is 2. The minimum absolute atomic E-state index is 0.0469. The Labute approximate surface area is 554 Å². The summed E-state index contributed by atoms with van der Waals surface area (Å²) in [5, 5.41) is 51.1. The summed E-state index contributed by atoms with van der Waals surface area (Å²) in [5.74, 6) is -2.51. The quantitative estimate of drug-likeness (QED) is 0.0138. The number of esters is 1. The van der Waals surface area contributed by atoms with E-state index in [0.717, 1.165) is 22.0 Å². The largest absolute Gasteiger partial charge is 0.508 e. The van der Waals surface area contributed by atoms with Crippen LogP contribution in [0.25, 0.3) is 77.3 Å². The third-order valence-electron chi connectivity index (χ3n) is 15.3. The summed E-state index contributed by atoms with van der Waals surface area (Å²) >= 11 is 0. The highest BCUT2D eigenvalue weighted by Gasteiger charge is 2.20.